The first-order chi connectivity index (χ1) is 9.65. The van der Waals surface area contributed by atoms with Gasteiger partial charge in [0, 0.05) is 9.75 Å². The van der Waals surface area contributed by atoms with E-state index in [-0.39, 0.29) is 11.8 Å². The Kier molecular flexibility index (Phi) is 3.78. The minimum atomic E-state index is -0.835. The smallest absolute Gasteiger partial charge is 0.307 e. The van der Waals surface area contributed by atoms with Gasteiger partial charge in [-0.1, -0.05) is 6.42 Å². The molecule has 4 nitrogen and oxygen atoms in total. The lowest BCUT2D eigenvalue weighted by molar-refractivity contribution is -0.146. The third kappa shape index (κ3) is 2.59. The van der Waals surface area contributed by atoms with Crippen molar-refractivity contribution in [2.75, 3.05) is 0 Å². The van der Waals surface area contributed by atoms with Gasteiger partial charge in [0.15, 0.2) is 0 Å². The van der Waals surface area contributed by atoms with Crippen molar-refractivity contribution in [3.8, 4) is 0 Å². The molecule has 2 unspecified atom stereocenters. The molecule has 2 N–H and O–H groups in total. The van der Waals surface area contributed by atoms with Crippen molar-refractivity contribution in [1.29, 1.82) is 0 Å². The Balaban J connectivity index is 1.57. The van der Waals surface area contributed by atoms with Crippen molar-refractivity contribution in [2.24, 2.45) is 11.8 Å². The first-order valence-corrected chi connectivity index (χ1v) is 8.08. The molecule has 1 saturated carbocycles. The summed E-state index contributed by atoms with van der Waals surface area (Å²) in [6.45, 7) is 0.541. The Hall–Kier alpha value is -1.36. The molecule has 1 fully saturated rings. The maximum atomic E-state index is 12.1. The lowest BCUT2D eigenvalue weighted by Gasteiger charge is -2.15. The van der Waals surface area contributed by atoms with Crippen molar-refractivity contribution >= 4 is 23.2 Å². The third-order valence-electron chi connectivity index (χ3n) is 4.40. The van der Waals surface area contributed by atoms with Crippen LogP contribution in [0.5, 0.6) is 0 Å². The Morgan fingerprint density at radius 1 is 1.25 bits per heavy atom. The van der Waals surface area contributed by atoms with Crippen LogP contribution in [0.3, 0.4) is 0 Å². The predicted molar refractivity (Wildman–Crippen MR) is 76.7 cm³/mol. The van der Waals surface area contributed by atoms with E-state index in [1.165, 1.54) is 21.7 Å². The van der Waals surface area contributed by atoms with Gasteiger partial charge in [-0.2, -0.15) is 0 Å². The van der Waals surface area contributed by atoms with Gasteiger partial charge in [0.25, 0.3) is 0 Å². The lowest BCUT2D eigenvalue weighted by Crippen LogP contribution is -2.34. The maximum absolute atomic E-state index is 12.1. The fourth-order valence-corrected chi connectivity index (χ4v) is 4.55. The van der Waals surface area contributed by atoms with Crippen LogP contribution >= 0.6 is 11.3 Å². The molecule has 1 aromatic heterocycles. The van der Waals surface area contributed by atoms with Gasteiger partial charge in [0.05, 0.1) is 18.4 Å². The van der Waals surface area contributed by atoms with Crippen LogP contribution in [0, 0.1) is 11.8 Å². The van der Waals surface area contributed by atoms with Crippen molar-refractivity contribution in [1.82, 2.24) is 5.32 Å². The molecule has 0 saturated heterocycles. The van der Waals surface area contributed by atoms with Crippen molar-refractivity contribution in [2.45, 2.75) is 45.1 Å². The monoisotopic (exact) mass is 293 g/mol. The Morgan fingerprint density at radius 3 is 2.80 bits per heavy atom. The van der Waals surface area contributed by atoms with E-state index in [1.807, 2.05) is 0 Å². The molecule has 3 rings (SSSR count). The van der Waals surface area contributed by atoms with Crippen LogP contribution in [-0.2, 0) is 29.0 Å². The van der Waals surface area contributed by atoms with E-state index >= 15 is 0 Å². The van der Waals surface area contributed by atoms with Crippen LogP contribution in [0.1, 0.15) is 41.0 Å². The molecule has 2 atom stereocenters. The van der Waals surface area contributed by atoms with Crippen LogP contribution in [0.15, 0.2) is 6.07 Å². The maximum Gasteiger partial charge on any atom is 0.307 e. The van der Waals surface area contributed by atoms with Crippen molar-refractivity contribution < 1.29 is 14.7 Å². The third-order valence-corrected chi connectivity index (χ3v) is 5.64. The summed E-state index contributed by atoms with van der Waals surface area (Å²) in [5.74, 6) is -1.77. The number of rotatable bonds is 4. The Labute approximate surface area is 122 Å². The van der Waals surface area contributed by atoms with Gasteiger partial charge in [0.1, 0.15) is 0 Å². The molecule has 2 aliphatic rings. The Bertz CT molecular complexity index is 516. The molecule has 1 heterocycles. The number of carboxylic acid groups (broad SMARTS) is 1. The lowest BCUT2D eigenvalue weighted by atomic mass is 9.95. The highest BCUT2D eigenvalue weighted by Crippen LogP contribution is 2.33. The summed E-state index contributed by atoms with van der Waals surface area (Å²) in [5.41, 5.74) is 1.43. The van der Waals surface area contributed by atoms with E-state index in [1.54, 1.807) is 11.3 Å². The summed E-state index contributed by atoms with van der Waals surface area (Å²) in [4.78, 5) is 25.9. The summed E-state index contributed by atoms with van der Waals surface area (Å²) in [6, 6.07) is 2.19. The van der Waals surface area contributed by atoms with Gasteiger partial charge >= 0.3 is 5.97 Å². The topological polar surface area (TPSA) is 66.4 Å². The average molecular weight is 293 g/mol. The molecule has 1 aromatic rings. The quantitative estimate of drug-likeness (QED) is 0.895. The highest BCUT2D eigenvalue weighted by molar-refractivity contribution is 7.12. The van der Waals surface area contributed by atoms with E-state index in [4.69, 9.17) is 5.11 Å². The zero-order chi connectivity index (χ0) is 14.1. The van der Waals surface area contributed by atoms with E-state index in [0.29, 0.717) is 19.4 Å². The average Bonchev–Trinajstić information content (AvgIpc) is 3.10. The highest BCUT2D eigenvalue weighted by atomic mass is 32.1. The zero-order valence-electron chi connectivity index (χ0n) is 11.4. The number of carbonyl (C=O) groups is 2. The number of nitrogens with one attached hydrogen (secondary N) is 1. The molecule has 0 aliphatic heterocycles. The Morgan fingerprint density at radius 2 is 2.05 bits per heavy atom. The predicted octanol–water partition coefficient (Wildman–Crippen LogP) is 2.35. The standard InChI is InChI=1S/C15H19NO3S/c17-14(11-4-2-5-12(11)15(18)19)16-8-10-7-9-3-1-6-13(9)20-10/h7,11-12H,1-6,8H2,(H,16,17)(H,18,19). The second-order valence-electron chi connectivity index (χ2n) is 5.71. The molecular formula is C15H19NO3S. The van der Waals surface area contributed by atoms with Gasteiger partial charge < -0.3 is 10.4 Å². The van der Waals surface area contributed by atoms with Crippen LogP contribution in [0.25, 0.3) is 0 Å². The molecule has 0 bridgehead atoms. The molecule has 5 heteroatoms. The fraction of sp³-hybridized carbons (Fsp3) is 0.600. The van der Waals surface area contributed by atoms with Crippen LogP contribution < -0.4 is 5.32 Å². The number of hydrogen-bond acceptors (Lipinski definition) is 3. The minimum Gasteiger partial charge on any atom is -0.481 e. The van der Waals surface area contributed by atoms with Crippen LogP contribution in [0.4, 0.5) is 0 Å². The molecule has 0 radical (unpaired) electrons. The second-order valence-corrected chi connectivity index (χ2v) is 6.94. The summed E-state index contributed by atoms with van der Waals surface area (Å²) < 4.78 is 0. The minimum absolute atomic E-state index is 0.0940. The number of aryl methyl sites for hydroxylation is 2. The molecule has 108 valence electrons. The molecule has 1 amide bonds. The largest absolute Gasteiger partial charge is 0.481 e. The molecule has 0 aromatic carbocycles. The normalized spacial score (nSPS) is 24.6. The highest BCUT2D eigenvalue weighted by Gasteiger charge is 2.37. The number of aliphatic carboxylic acids is 1. The summed E-state index contributed by atoms with van der Waals surface area (Å²) in [5, 5.41) is 12.0. The van der Waals surface area contributed by atoms with Crippen molar-refractivity contribution in [3.05, 3.63) is 21.4 Å². The summed E-state index contributed by atoms with van der Waals surface area (Å²) >= 11 is 1.78. The molecule has 2 aliphatic carbocycles. The number of amides is 1. The SMILES string of the molecule is O=C(O)C1CCCC1C(=O)NCc1cc2c(s1)CCC2. The number of hydrogen-bond donors (Lipinski definition) is 2. The second kappa shape index (κ2) is 5.56. The molecule has 0 spiro atoms. The van der Waals surface area contributed by atoms with Gasteiger partial charge in [-0.05, 0) is 43.7 Å². The number of carbonyl (C=O) groups excluding carboxylic acids is 1. The zero-order valence-corrected chi connectivity index (χ0v) is 12.2. The van der Waals surface area contributed by atoms with Crippen LogP contribution in [0.2, 0.25) is 0 Å². The molecule has 20 heavy (non-hydrogen) atoms. The fourth-order valence-electron chi connectivity index (χ4n) is 3.35. The van der Waals surface area contributed by atoms with Gasteiger partial charge in [0.2, 0.25) is 5.91 Å². The number of fused-ring (bicyclic) bond motifs is 1. The van der Waals surface area contributed by atoms with Gasteiger partial charge in [-0.15, -0.1) is 11.3 Å². The summed E-state index contributed by atoms with van der Waals surface area (Å²) in [7, 11) is 0. The number of carboxylic acids is 1. The van der Waals surface area contributed by atoms with Gasteiger partial charge in [-0.25, -0.2) is 0 Å². The van der Waals surface area contributed by atoms with E-state index in [0.717, 1.165) is 19.3 Å². The van der Waals surface area contributed by atoms with E-state index < -0.39 is 11.9 Å². The summed E-state index contributed by atoms with van der Waals surface area (Å²) in [6.07, 6.45) is 5.73. The van der Waals surface area contributed by atoms with Crippen molar-refractivity contribution in [3.63, 3.8) is 0 Å². The number of thiophene rings is 1. The first-order valence-electron chi connectivity index (χ1n) is 7.26. The van der Waals surface area contributed by atoms with Gasteiger partial charge in [-0.3, -0.25) is 9.59 Å². The van der Waals surface area contributed by atoms with E-state index in [2.05, 4.69) is 11.4 Å². The van der Waals surface area contributed by atoms with E-state index in [9.17, 15) is 9.59 Å². The first kappa shape index (κ1) is 13.6. The van der Waals surface area contributed by atoms with Crippen LogP contribution in [-0.4, -0.2) is 17.0 Å². The molecular weight excluding hydrogens is 274 g/mol.